The summed E-state index contributed by atoms with van der Waals surface area (Å²) in [4.78, 5) is 24.7. The molecule has 0 saturated heterocycles. The molecule has 0 unspecified atom stereocenters. The number of hydrogen-bond acceptors (Lipinski definition) is 5. The molecule has 1 heterocycles. The van der Waals surface area contributed by atoms with Crippen LogP contribution in [-0.4, -0.2) is 34.5 Å². The normalized spacial score (nSPS) is 11.5. The molecule has 0 aliphatic carbocycles. The summed E-state index contributed by atoms with van der Waals surface area (Å²) in [6.07, 6.45) is 4.26. The van der Waals surface area contributed by atoms with Crippen molar-refractivity contribution >= 4 is 22.6 Å². The SMILES string of the molecule is CCCOc1ccc(NC(=NCC)SC)cc1-c1nc(CC)c(CC)c(=O)[nH]1. The highest BCUT2D eigenvalue weighted by Crippen LogP contribution is 2.31. The molecule has 1 aromatic carbocycles. The van der Waals surface area contributed by atoms with Crippen molar-refractivity contribution in [1.82, 2.24) is 9.97 Å². The van der Waals surface area contributed by atoms with Crippen molar-refractivity contribution in [2.24, 2.45) is 4.99 Å². The fraction of sp³-hybridized carbons (Fsp3) is 0.476. The minimum atomic E-state index is -0.0819. The van der Waals surface area contributed by atoms with Crippen LogP contribution >= 0.6 is 11.8 Å². The number of rotatable bonds is 8. The molecular weight excluding hydrogens is 372 g/mol. The summed E-state index contributed by atoms with van der Waals surface area (Å²) in [5, 5.41) is 4.17. The second kappa shape index (κ2) is 10.9. The molecule has 2 N–H and O–H groups in total. The average Bonchev–Trinajstić information content (AvgIpc) is 2.71. The molecule has 2 rings (SSSR count). The molecular formula is C21H30N4O2S. The number of anilines is 1. The molecule has 0 bridgehead atoms. The molecule has 0 aliphatic rings. The highest BCUT2D eigenvalue weighted by atomic mass is 32.2. The van der Waals surface area contributed by atoms with Gasteiger partial charge in [0.1, 0.15) is 11.6 Å². The second-order valence-electron chi connectivity index (χ2n) is 6.21. The molecule has 0 spiro atoms. The number of nitrogens with zero attached hydrogens (tertiary/aromatic N) is 2. The standard InChI is InChI=1S/C21H30N4O2S/c1-6-12-27-18-11-10-14(23-21(28-5)22-9-4)13-16(18)19-24-17(8-3)15(7-2)20(26)25-19/h10-11,13H,6-9,12H2,1-5H3,(H,22,23)(H,24,25,26). The molecule has 6 nitrogen and oxygen atoms in total. The molecule has 1 aromatic heterocycles. The van der Waals surface area contributed by atoms with Crippen molar-refractivity contribution in [3.63, 3.8) is 0 Å². The van der Waals surface area contributed by atoms with Gasteiger partial charge in [0.15, 0.2) is 5.17 Å². The summed E-state index contributed by atoms with van der Waals surface area (Å²) in [7, 11) is 0. The van der Waals surface area contributed by atoms with Gasteiger partial charge in [0.25, 0.3) is 5.56 Å². The van der Waals surface area contributed by atoms with Crippen LogP contribution in [0.2, 0.25) is 0 Å². The number of H-pyrrole nitrogens is 1. The van der Waals surface area contributed by atoms with E-state index in [2.05, 4.69) is 22.2 Å². The van der Waals surface area contributed by atoms with Gasteiger partial charge in [-0.1, -0.05) is 32.5 Å². The predicted octanol–water partition coefficient (Wildman–Crippen LogP) is 4.50. The molecule has 0 amide bonds. The van der Waals surface area contributed by atoms with Crippen LogP contribution in [0.3, 0.4) is 0 Å². The number of aliphatic imine (C=N–C) groups is 1. The van der Waals surface area contributed by atoms with Crippen LogP contribution in [0.5, 0.6) is 5.75 Å². The highest BCUT2D eigenvalue weighted by Gasteiger charge is 2.15. The molecule has 28 heavy (non-hydrogen) atoms. The largest absolute Gasteiger partial charge is 0.493 e. The van der Waals surface area contributed by atoms with E-state index in [4.69, 9.17) is 9.72 Å². The molecule has 152 valence electrons. The maximum absolute atomic E-state index is 12.6. The van der Waals surface area contributed by atoms with Crippen LogP contribution < -0.4 is 15.6 Å². The fourth-order valence-corrected chi connectivity index (χ4v) is 3.36. The van der Waals surface area contributed by atoms with E-state index >= 15 is 0 Å². The van der Waals surface area contributed by atoms with E-state index in [1.807, 2.05) is 45.2 Å². The fourth-order valence-electron chi connectivity index (χ4n) is 2.88. The van der Waals surface area contributed by atoms with Crippen LogP contribution in [0.15, 0.2) is 28.0 Å². The number of ether oxygens (including phenoxy) is 1. The Kier molecular flexibility index (Phi) is 8.57. The summed E-state index contributed by atoms with van der Waals surface area (Å²) in [6, 6.07) is 5.82. The third kappa shape index (κ3) is 5.38. The molecule has 0 aliphatic heterocycles. The lowest BCUT2D eigenvalue weighted by Crippen LogP contribution is -2.18. The first kappa shape index (κ1) is 22.0. The van der Waals surface area contributed by atoms with Gasteiger partial charge < -0.3 is 15.0 Å². The van der Waals surface area contributed by atoms with Gasteiger partial charge in [-0.2, -0.15) is 0 Å². The Morgan fingerprint density at radius 1 is 1.25 bits per heavy atom. The van der Waals surface area contributed by atoms with E-state index < -0.39 is 0 Å². The number of amidine groups is 1. The van der Waals surface area contributed by atoms with Gasteiger partial charge >= 0.3 is 0 Å². The minimum absolute atomic E-state index is 0.0819. The summed E-state index contributed by atoms with van der Waals surface area (Å²) >= 11 is 1.56. The van der Waals surface area contributed by atoms with Gasteiger partial charge in [-0.15, -0.1) is 0 Å². The van der Waals surface area contributed by atoms with Crippen LogP contribution in [0.1, 0.15) is 45.4 Å². The predicted molar refractivity (Wildman–Crippen MR) is 120 cm³/mol. The van der Waals surface area contributed by atoms with Crippen LogP contribution in [0, 0.1) is 0 Å². The lowest BCUT2D eigenvalue weighted by atomic mass is 10.1. The first-order valence-corrected chi connectivity index (χ1v) is 11.0. The van der Waals surface area contributed by atoms with Gasteiger partial charge in [0, 0.05) is 17.8 Å². The molecule has 0 fully saturated rings. The quantitative estimate of drug-likeness (QED) is 0.502. The topological polar surface area (TPSA) is 79.4 Å². The Labute approximate surface area is 171 Å². The summed E-state index contributed by atoms with van der Waals surface area (Å²) in [5.41, 5.74) is 3.14. The maximum atomic E-state index is 12.6. The zero-order valence-corrected chi connectivity index (χ0v) is 18.2. The number of nitrogens with one attached hydrogen (secondary N) is 2. The third-order valence-corrected chi connectivity index (χ3v) is 4.85. The van der Waals surface area contributed by atoms with E-state index in [-0.39, 0.29) is 5.56 Å². The number of aromatic amines is 1. The van der Waals surface area contributed by atoms with Crippen molar-refractivity contribution in [2.45, 2.75) is 47.0 Å². The Hall–Kier alpha value is -2.28. The molecule has 0 radical (unpaired) electrons. The van der Waals surface area contributed by atoms with E-state index in [0.717, 1.165) is 34.1 Å². The maximum Gasteiger partial charge on any atom is 0.254 e. The number of hydrogen-bond donors (Lipinski definition) is 2. The minimum Gasteiger partial charge on any atom is -0.493 e. The Morgan fingerprint density at radius 3 is 2.64 bits per heavy atom. The third-order valence-electron chi connectivity index (χ3n) is 4.23. The molecule has 7 heteroatoms. The smallest absolute Gasteiger partial charge is 0.254 e. The van der Waals surface area contributed by atoms with Gasteiger partial charge in [-0.3, -0.25) is 9.79 Å². The van der Waals surface area contributed by atoms with E-state index in [1.54, 1.807) is 11.8 Å². The summed E-state index contributed by atoms with van der Waals surface area (Å²) in [5.74, 6) is 1.24. The van der Waals surface area contributed by atoms with Crippen molar-refractivity contribution in [2.75, 3.05) is 24.7 Å². The van der Waals surface area contributed by atoms with Gasteiger partial charge in [-0.25, -0.2) is 4.98 Å². The molecule has 0 atom stereocenters. The summed E-state index contributed by atoms with van der Waals surface area (Å²) < 4.78 is 5.92. The van der Waals surface area contributed by atoms with E-state index in [1.165, 1.54) is 0 Å². The zero-order valence-electron chi connectivity index (χ0n) is 17.4. The van der Waals surface area contributed by atoms with Crippen LogP contribution in [0.4, 0.5) is 5.69 Å². The Bertz CT molecular complexity index is 877. The first-order valence-electron chi connectivity index (χ1n) is 9.82. The van der Waals surface area contributed by atoms with E-state index in [0.29, 0.717) is 37.6 Å². The Morgan fingerprint density at radius 2 is 2.04 bits per heavy atom. The monoisotopic (exact) mass is 402 g/mol. The number of aryl methyl sites for hydroxylation is 1. The number of benzene rings is 1. The van der Waals surface area contributed by atoms with Gasteiger partial charge in [-0.05, 0) is 50.6 Å². The Balaban J connectivity index is 2.55. The molecule has 0 saturated carbocycles. The first-order chi connectivity index (χ1) is 13.6. The highest BCUT2D eigenvalue weighted by molar-refractivity contribution is 8.13. The molecule has 2 aromatic rings. The van der Waals surface area contributed by atoms with Crippen LogP contribution in [0.25, 0.3) is 11.4 Å². The lowest BCUT2D eigenvalue weighted by molar-refractivity contribution is 0.318. The number of thioether (sulfide) groups is 1. The van der Waals surface area contributed by atoms with Crippen molar-refractivity contribution in [3.8, 4) is 17.1 Å². The van der Waals surface area contributed by atoms with Gasteiger partial charge in [0.05, 0.1) is 17.9 Å². The zero-order chi connectivity index (χ0) is 20.5. The van der Waals surface area contributed by atoms with Crippen molar-refractivity contribution < 1.29 is 4.74 Å². The van der Waals surface area contributed by atoms with E-state index in [9.17, 15) is 4.79 Å². The average molecular weight is 403 g/mol. The lowest BCUT2D eigenvalue weighted by Gasteiger charge is -2.15. The number of aromatic nitrogens is 2. The van der Waals surface area contributed by atoms with Crippen molar-refractivity contribution in [1.29, 1.82) is 0 Å². The van der Waals surface area contributed by atoms with Crippen molar-refractivity contribution in [3.05, 3.63) is 39.8 Å². The summed E-state index contributed by atoms with van der Waals surface area (Å²) in [6.45, 7) is 9.37. The van der Waals surface area contributed by atoms with Crippen LogP contribution in [-0.2, 0) is 12.8 Å². The van der Waals surface area contributed by atoms with Gasteiger partial charge in [0.2, 0.25) is 0 Å². The second-order valence-corrected chi connectivity index (χ2v) is 7.01.